The van der Waals surface area contributed by atoms with Crippen molar-refractivity contribution in [2.24, 2.45) is 0 Å². The Morgan fingerprint density at radius 1 is 1.22 bits per heavy atom. The van der Waals surface area contributed by atoms with E-state index >= 15 is 0 Å². The van der Waals surface area contributed by atoms with Gasteiger partial charge in [0, 0.05) is 23.4 Å². The third-order valence-corrected chi connectivity index (χ3v) is 5.14. The van der Waals surface area contributed by atoms with E-state index in [1.54, 1.807) is 24.3 Å². The number of hydrogen-bond donors (Lipinski definition) is 2. The zero-order chi connectivity index (χ0) is 26.0. The second-order valence-corrected chi connectivity index (χ2v) is 8.47. The third kappa shape index (κ3) is 5.13. The number of alkyl halides is 3. The van der Waals surface area contributed by atoms with Gasteiger partial charge in [-0.2, -0.15) is 18.3 Å². The fourth-order valence-electron chi connectivity index (χ4n) is 3.74. The Morgan fingerprint density at radius 2 is 2.00 bits per heavy atom. The highest BCUT2D eigenvalue weighted by Crippen LogP contribution is 2.44. The lowest BCUT2D eigenvalue weighted by molar-refractivity contribution is -0.144. The molecule has 12 heteroatoms. The predicted octanol–water partition coefficient (Wildman–Crippen LogP) is 4.20. The summed E-state index contributed by atoms with van der Waals surface area (Å²) < 4.78 is 48.5. The summed E-state index contributed by atoms with van der Waals surface area (Å²) in [6, 6.07) is 7.93. The van der Waals surface area contributed by atoms with Crippen LogP contribution in [0.5, 0.6) is 0 Å². The molecule has 0 aliphatic carbocycles. The smallest absolute Gasteiger partial charge is 0.391 e. The molecule has 3 heterocycles. The van der Waals surface area contributed by atoms with Gasteiger partial charge in [-0.3, -0.25) is 9.48 Å². The van der Waals surface area contributed by atoms with Crippen LogP contribution in [0.4, 0.5) is 13.2 Å². The van der Waals surface area contributed by atoms with Crippen LogP contribution in [0.1, 0.15) is 36.8 Å². The lowest BCUT2D eigenvalue weighted by Crippen LogP contribution is -2.30. The fourth-order valence-corrected chi connectivity index (χ4v) is 3.74. The molecule has 0 fully saturated rings. The molecule has 0 unspecified atom stereocenters. The molecule has 0 spiro atoms. The number of benzene rings is 1. The quantitative estimate of drug-likeness (QED) is 0.390. The molecule has 0 saturated carbocycles. The number of carbonyl (C=O) groups is 1. The Bertz CT molecular complexity index is 1360. The first-order valence-corrected chi connectivity index (χ1v) is 11.0. The summed E-state index contributed by atoms with van der Waals surface area (Å²) >= 11 is 0. The maximum absolute atomic E-state index is 14.1. The number of carbonyl (C=O) groups excluding carboxylic acids is 1. The van der Waals surface area contributed by atoms with Gasteiger partial charge in [-0.1, -0.05) is 17.3 Å². The van der Waals surface area contributed by atoms with E-state index in [4.69, 9.17) is 4.52 Å². The summed E-state index contributed by atoms with van der Waals surface area (Å²) in [6.07, 6.45) is -2.15. The van der Waals surface area contributed by atoms with Crippen molar-refractivity contribution >= 4 is 5.91 Å². The highest BCUT2D eigenvalue weighted by Gasteiger charge is 2.41. The Hall–Kier alpha value is -4.06. The molecule has 0 saturated heterocycles. The summed E-state index contributed by atoms with van der Waals surface area (Å²) in [5.41, 5.74) is -0.0133. The lowest BCUT2D eigenvalue weighted by Gasteiger charge is -2.13. The SMILES string of the molecule is CC(C)NC(=O)c1cccc(-c2noc(-c3cnn(C[C@@H](C)O)c3C(F)(F)F)c2-c2ccncn2)c1. The summed E-state index contributed by atoms with van der Waals surface area (Å²) in [6.45, 7) is 4.65. The van der Waals surface area contributed by atoms with E-state index in [1.165, 1.54) is 25.5 Å². The van der Waals surface area contributed by atoms with E-state index in [0.29, 0.717) is 15.8 Å². The highest BCUT2D eigenvalue weighted by atomic mass is 19.4. The van der Waals surface area contributed by atoms with Crippen molar-refractivity contribution in [3.8, 4) is 33.8 Å². The van der Waals surface area contributed by atoms with Gasteiger partial charge in [-0.25, -0.2) is 9.97 Å². The molecular weight excluding hydrogens is 477 g/mol. The second kappa shape index (κ2) is 9.90. The van der Waals surface area contributed by atoms with Gasteiger partial charge in [0.25, 0.3) is 5.91 Å². The number of aliphatic hydroxyl groups excluding tert-OH is 1. The molecule has 1 aromatic carbocycles. The molecular formula is C24H23F3N6O3. The Morgan fingerprint density at radius 3 is 2.64 bits per heavy atom. The van der Waals surface area contributed by atoms with Crippen LogP contribution in [0.25, 0.3) is 33.8 Å². The number of nitrogens with zero attached hydrogens (tertiary/aromatic N) is 5. The largest absolute Gasteiger partial charge is 0.433 e. The zero-order valence-electron chi connectivity index (χ0n) is 19.6. The van der Waals surface area contributed by atoms with E-state index in [9.17, 15) is 23.1 Å². The van der Waals surface area contributed by atoms with Gasteiger partial charge in [0.05, 0.1) is 35.7 Å². The molecule has 0 aliphatic heterocycles. The lowest BCUT2D eigenvalue weighted by atomic mass is 9.98. The molecule has 1 amide bonds. The van der Waals surface area contributed by atoms with Crippen molar-refractivity contribution < 1.29 is 27.6 Å². The monoisotopic (exact) mass is 500 g/mol. The van der Waals surface area contributed by atoms with Gasteiger partial charge in [0.1, 0.15) is 12.0 Å². The molecule has 3 aromatic heterocycles. The molecule has 2 N–H and O–H groups in total. The Labute approximate surface area is 204 Å². The maximum Gasteiger partial charge on any atom is 0.433 e. The van der Waals surface area contributed by atoms with Crippen molar-refractivity contribution in [3.05, 3.63) is 60.3 Å². The minimum Gasteiger partial charge on any atom is -0.391 e. The van der Waals surface area contributed by atoms with Gasteiger partial charge in [-0.15, -0.1) is 0 Å². The van der Waals surface area contributed by atoms with Crippen LogP contribution >= 0.6 is 0 Å². The molecule has 4 rings (SSSR count). The van der Waals surface area contributed by atoms with Gasteiger partial charge in [-0.05, 0) is 39.0 Å². The van der Waals surface area contributed by atoms with Crippen LogP contribution in [0.15, 0.2) is 53.6 Å². The van der Waals surface area contributed by atoms with Crippen LogP contribution in [-0.4, -0.2) is 48.1 Å². The van der Waals surface area contributed by atoms with Crippen molar-refractivity contribution in [1.29, 1.82) is 0 Å². The molecule has 1 atom stereocenters. The highest BCUT2D eigenvalue weighted by molar-refractivity contribution is 5.97. The van der Waals surface area contributed by atoms with Crippen LogP contribution in [-0.2, 0) is 12.7 Å². The number of rotatable bonds is 7. The first-order valence-electron chi connectivity index (χ1n) is 11.0. The molecule has 36 heavy (non-hydrogen) atoms. The number of nitrogens with one attached hydrogen (secondary N) is 1. The fraction of sp³-hybridized carbons (Fsp3) is 0.292. The van der Waals surface area contributed by atoms with Crippen molar-refractivity contribution in [3.63, 3.8) is 0 Å². The van der Waals surface area contributed by atoms with Crippen molar-refractivity contribution in [2.45, 2.75) is 45.6 Å². The Kier molecular flexibility index (Phi) is 6.88. The van der Waals surface area contributed by atoms with Crippen molar-refractivity contribution in [2.75, 3.05) is 0 Å². The molecule has 0 radical (unpaired) electrons. The van der Waals surface area contributed by atoms with E-state index in [0.717, 1.165) is 6.20 Å². The summed E-state index contributed by atoms with van der Waals surface area (Å²) in [5.74, 6) is -0.511. The van der Waals surface area contributed by atoms with E-state index in [2.05, 4.69) is 25.5 Å². The number of amides is 1. The van der Waals surface area contributed by atoms with E-state index in [-0.39, 0.29) is 46.8 Å². The minimum atomic E-state index is -4.80. The number of halogens is 3. The van der Waals surface area contributed by atoms with Crippen LogP contribution in [0, 0.1) is 0 Å². The number of aliphatic hydroxyl groups is 1. The number of aromatic nitrogens is 5. The minimum absolute atomic E-state index is 0.0876. The molecule has 0 bridgehead atoms. The van der Waals surface area contributed by atoms with Gasteiger partial charge in [0.2, 0.25) is 0 Å². The van der Waals surface area contributed by atoms with Crippen LogP contribution in [0.3, 0.4) is 0 Å². The van der Waals surface area contributed by atoms with Crippen molar-refractivity contribution in [1.82, 2.24) is 30.2 Å². The summed E-state index contributed by atoms with van der Waals surface area (Å²) in [4.78, 5) is 20.6. The molecule has 0 aliphatic rings. The first-order chi connectivity index (χ1) is 17.1. The maximum atomic E-state index is 14.1. The van der Waals surface area contributed by atoms with Gasteiger partial charge >= 0.3 is 6.18 Å². The second-order valence-electron chi connectivity index (χ2n) is 8.47. The number of hydrogen-bond acceptors (Lipinski definition) is 7. The molecule has 188 valence electrons. The van der Waals surface area contributed by atoms with Gasteiger partial charge in [0.15, 0.2) is 11.5 Å². The third-order valence-electron chi connectivity index (χ3n) is 5.14. The topological polar surface area (TPSA) is 119 Å². The van der Waals surface area contributed by atoms with E-state index < -0.39 is 18.0 Å². The normalized spacial score (nSPS) is 12.7. The average Bonchev–Trinajstić information content (AvgIpc) is 3.43. The van der Waals surface area contributed by atoms with Crippen LogP contribution < -0.4 is 5.32 Å². The Balaban J connectivity index is 1.92. The van der Waals surface area contributed by atoms with Gasteiger partial charge < -0.3 is 14.9 Å². The summed E-state index contributed by atoms with van der Waals surface area (Å²) in [5, 5.41) is 20.4. The summed E-state index contributed by atoms with van der Waals surface area (Å²) in [7, 11) is 0. The van der Waals surface area contributed by atoms with Crippen LogP contribution in [0.2, 0.25) is 0 Å². The molecule has 9 nitrogen and oxygen atoms in total. The zero-order valence-corrected chi connectivity index (χ0v) is 19.6. The first kappa shape index (κ1) is 25.0. The standard InChI is InChI=1S/C24H23F3N6O3/c1-13(2)31-23(35)16-6-4-5-15(9-16)20-19(18-7-8-28-12-29-18)21(36-32-20)17-10-30-33(11-14(3)34)22(17)24(25,26)27/h4-10,12-14,34H,11H2,1-3H3,(H,31,35)/t14-/m1/s1. The van der Waals surface area contributed by atoms with E-state index in [1.807, 2.05) is 13.8 Å². The predicted molar refractivity (Wildman–Crippen MR) is 123 cm³/mol. The molecule has 4 aromatic rings. The average molecular weight is 500 g/mol.